The molecule has 4 N–H and O–H groups in total. The van der Waals surface area contributed by atoms with Gasteiger partial charge in [-0.2, -0.15) is 5.10 Å². The molecule has 92 valence electrons. The van der Waals surface area contributed by atoms with Gasteiger partial charge in [0, 0.05) is 5.56 Å². The first-order chi connectivity index (χ1) is 8.78. The zero-order valence-corrected chi connectivity index (χ0v) is 9.56. The van der Waals surface area contributed by atoms with Gasteiger partial charge in [-0.15, -0.1) is 0 Å². The normalized spacial score (nSPS) is 11.2. The molecule has 0 unspecified atom stereocenters. The number of nitrogens with two attached hydrogens (primary N) is 1. The number of hydrogen-bond acceptors (Lipinski definition) is 4. The van der Waals surface area contributed by atoms with E-state index in [2.05, 4.69) is 15.2 Å². The third kappa shape index (κ3) is 1.72. The van der Waals surface area contributed by atoms with Crippen LogP contribution >= 0.6 is 0 Å². The first kappa shape index (κ1) is 10.8. The fourth-order valence-corrected chi connectivity index (χ4v) is 2.01. The van der Waals surface area contributed by atoms with Crippen LogP contribution in [0, 0.1) is 0 Å². The summed E-state index contributed by atoms with van der Waals surface area (Å²) < 4.78 is 4.96. The Morgan fingerprint density at radius 1 is 1.39 bits per heavy atom. The molecular weight excluding hydrogens is 232 g/mol. The Morgan fingerprint density at radius 3 is 3.11 bits per heavy atom. The first-order valence-corrected chi connectivity index (χ1v) is 5.63. The van der Waals surface area contributed by atoms with E-state index in [1.165, 1.54) is 0 Å². The Balaban J connectivity index is 2.12. The number of H-pyrrole nitrogens is 2. The van der Waals surface area contributed by atoms with E-state index in [0.29, 0.717) is 17.6 Å². The first-order valence-electron chi connectivity index (χ1n) is 5.63. The van der Waals surface area contributed by atoms with Gasteiger partial charge < -0.3 is 10.2 Å². The molecule has 0 bridgehead atoms. The molecule has 0 spiro atoms. The van der Waals surface area contributed by atoms with Crippen molar-refractivity contribution < 1.29 is 4.42 Å². The average Bonchev–Trinajstić information content (AvgIpc) is 2.93. The van der Waals surface area contributed by atoms with Gasteiger partial charge in [-0.25, -0.2) is 4.79 Å². The lowest BCUT2D eigenvalue weighted by atomic mass is 10.1. The van der Waals surface area contributed by atoms with E-state index in [9.17, 15) is 4.79 Å². The maximum Gasteiger partial charge on any atom is 0.417 e. The highest BCUT2D eigenvalue weighted by Crippen LogP contribution is 2.24. The molecule has 1 aromatic carbocycles. The van der Waals surface area contributed by atoms with Crippen molar-refractivity contribution in [3.63, 3.8) is 0 Å². The Morgan fingerprint density at radius 2 is 2.28 bits per heavy atom. The number of aromatic amines is 2. The van der Waals surface area contributed by atoms with Crippen LogP contribution in [0.2, 0.25) is 0 Å². The summed E-state index contributed by atoms with van der Waals surface area (Å²) in [5.41, 5.74) is 9.70. The van der Waals surface area contributed by atoms with Gasteiger partial charge in [0.25, 0.3) is 0 Å². The van der Waals surface area contributed by atoms with Gasteiger partial charge in [0.15, 0.2) is 5.58 Å². The third-order valence-corrected chi connectivity index (χ3v) is 2.84. The van der Waals surface area contributed by atoms with Crippen molar-refractivity contribution in [2.45, 2.75) is 6.42 Å². The number of nitrogens with zero attached hydrogens (tertiary/aromatic N) is 1. The minimum atomic E-state index is -0.450. The van der Waals surface area contributed by atoms with Crippen LogP contribution in [0.1, 0.15) is 5.56 Å². The smallest absolute Gasteiger partial charge is 0.408 e. The standard InChI is InChI=1S/C12H12N4O2/c13-4-3-8-6-14-16-11(8)7-1-2-10-9(5-7)15-12(17)18-10/h1-2,5-6H,3-4,13H2,(H,14,16)(H,15,17). The minimum Gasteiger partial charge on any atom is -0.408 e. The number of oxazole rings is 1. The maximum atomic E-state index is 11.1. The summed E-state index contributed by atoms with van der Waals surface area (Å²) in [4.78, 5) is 13.7. The van der Waals surface area contributed by atoms with E-state index >= 15 is 0 Å². The Kier molecular flexibility index (Phi) is 2.49. The topological polar surface area (TPSA) is 101 Å². The number of nitrogens with one attached hydrogen (secondary N) is 2. The van der Waals surface area contributed by atoms with Gasteiger partial charge in [0.1, 0.15) is 0 Å². The fraction of sp³-hybridized carbons (Fsp3) is 0.167. The molecule has 0 fully saturated rings. The Bertz CT molecular complexity index is 738. The van der Waals surface area contributed by atoms with Crippen LogP contribution in [0.5, 0.6) is 0 Å². The van der Waals surface area contributed by atoms with E-state index in [-0.39, 0.29) is 0 Å². The largest absolute Gasteiger partial charge is 0.417 e. The molecule has 6 heteroatoms. The highest BCUT2D eigenvalue weighted by Gasteiger charge is 2.09. The van der Waals surface area contributed by atoms with Gasteiger partial charge in [-0.1, -0.05) is 0 Å². The van der Waals surface area contributed by atoms with Gasteiger partial charge in [-0.3, -0.25) is 10.1 Å². The van der Waals surface area contributed by atoms with Crippen LogP contribution in [0.25, 0.3) is 22.4 Å². The van der Waals surface area contributed by atoms with Crippen molar-refractivity contribution >= 4 is 11.1 Å². The highest BCUT2D eigenvalue weighted by molar-refractivity contribution is 5.79. The number of fused-ring (bicyclic) bond motifs is 1. The quantitative estimate of drug-likeness (QED) is 0.640. The Labute approximate surface area is 102 Å². The maximum absolute atomic E-state index is 11.1. The summed E-state index contributed by atoms with van der Waals surface area (Å²) in [5.74, 6) is -0.450. The van der Waals surface area contributed by atoms with Crippen LogP contribution < -0.4 is 11.5 Å². The lowest BCUT2D eigenvalue weighted by Gasteiger charge is -2.01. The van der Waals surface area contributed by atoms with Gasteiger partial charge in [0.05, 0.1) is 17.4 Å². The van der Waals surface area contributed by atoms with E-state index in [4.69, 9.17) is 10.2 Å². The minimum absolute atomic E-state index is 0.450. The molecule has 18 heavy (non-hydrogen) atoms. The summed E-state index contributed by atoms with van der Waals surface area (Å²) in [6.07, 6.45) is 2.52. The van der Waals surface area contributed by atoms with Gasteiger partial charge in [-0.05, 0) is 36.7 Å². The van der Waals surface area contributed by atoms with Crippen LogP contribution in [-0.4, -0.2) is 21.7 Å². The van der Waals surface area contributed by atoms with Crippen LogP contribution in [-0.2, 0) is 6.42 Å². The van der Waals surface area contributed by atoms with Crippen LogP contribution in [0.3, 0.4) is 0 Å². The van der Waals surface area contributed by atoms with Crippen LogP contribution in [0.15, 0.2) is 33.6 Å². The SMILES string of the molecule is NCCc1cn[nH]c1-c1ccc2oc(=O)[nH]c2c1. The predicted molar refractivity (Wildman–Crippen MR) is 67.2 cm³/mol. The summed E-state index contributed by atoms with van der Waals surface area (Å²) in [6, 6.07) is 5.50. The second-order valence-electron chi connectivity index (χ2n) is 4.03. The summed E-state index contributed by atoms with van der Waals surface area (Å²) in [6.45, 7) is 0.567. The highest BCUT2D eigenvalue weighted by atomic mass is 16.4. The van der Waals surface area contributed by atoms with Crippen LogP contribution in [0.4, 0.5) is 0 Å². The van der Waals surface area contributed by atoms with E-state index in [1.807, 2.05) is 12.1 Å². The predicted octanol–water partition coefficient (Wildman–Crippen LogP) is 1.01. The van der Waals surface area contributed by atoms with Crippen molar-refractivity contribution in [3.8, 4) is 11.3 Å². The second-order valence-corrected chi connectivity index (χ2v) is 4.03. The molecular formula is C12H12N4O2. The fourth-order valence-electron chi connectivity index (χ4n) is 2.01. The second kappa shape index (κ2) is 4.15. The monoisotopic (exact) mass is 244 g/mol. The molecule has 0 aliphatic carbocycles. The molecule has 0 aliphatic heterocycles. The molecule has 0 aliphatic rings. The number of rotatable bonds is 3. The molecule has 0 saturated heterocycles. The zero-order chi connectivity index (χ0) is 12.5. The molecule has 2 heterocycles. The molecule has 6 nitrogen and oxygen atoms in total. The molecule has 0 amide bonds. The van der Waals surface area contributed by atoms with E-state index in [0.717, 1.165) is 23.2 Å². The summed E-state index contributed by atoms with van der Waals surface area (Å²) in [5, 5.41) is 6.98. The molecule has 0 saturated carbocycles. The van der Waals surface area contributed by atoms with Crippen molar-refractivity contribution in [2.24, 2.45) is 5.73 Å². The summed E-state index contributed by atoms with van der Waals surface area (Å²) >= 11 is 0. The summed E-state index contributed by atoms with van der Waals surface area (Å²) in [7, 11) is 0. The third-order valence-electron chi connectivity index (χ3n) is 2.84. The molecule has 3 rings (SSSR count). The van der Waals surface area contributed by atoms with E-state index in [1.54, 1.807) is 12.3 Å². The molecule has 0 radical (unpaired) electrons. The van der Waals surface area contributed by atoms with Crippen molar-refractivity contribution in [2.75, 3.05) is 6.54 Å². The van der Waals surface area contributed by atoms with Gasteiger partial charge in [0.2, 0.25) is 0 Å². The lowest BCUT2D eigenvalue weighted by molar-refractivity contribution is 0.555. The van der Waals surface area contributed by atoms with Crippen molar-refractivity contribution in [1.29, 1.82) is 0 Å². The van der Waals surface area contributed by atoms with Gasteiger partial charge >= 0.3 is 5.76 Å². The molecule has 2 aromatic heterocycles. The number of aromatic nitrogens is 3. The zero-order valence-electron chi connectivity index (χ0n) is 9.56. The molecule has 0 atom stereocenters. The van der Waals surface area contributed by atoms with E-state index < -0.39 is 5.76 Å². The van der Waals surface area contributed by atoms with Crippen molar-refractivity contribution in [3.05, 3.63) is 40.5 Å². The van der Waals surface area contributed by atoms with Crippen molar-refractivity contribution in [1.82, 2.24) is 15.2 Å². The number of benzene rings is 1. The molecule has 3 aromatic rings. The number of hydrogen-bond donors (Lipinski definition) is 3. The average molecular weight is 244 g/mol. The lowest BCUT2D eigenvalue weighted by Crippen LogP contribution is -2.02. The Hall–Kier alpha value is -2.34.